The molecule has 1 unspecified atom stereocenters. The summed E-state index contributed by atoms with van der Waals surface area (Å²) in [6, 6.07) is 9.42. The summed E-state index contributed by atoms with van der Waals surface area (Å²) in [5.74, 6) is 0.591. The van der Waals surface area contributed by atoms with E-state index in [-0.39, 0.29) is 6.03 Å². The Morgan fingerprint density at radius 1 is 1.37 bits per heavy atom. The molecule has 1 aromatic rings. The van der Waals surface area contributed by atoms with Gasteiger partial charge in [0.2, 0.25) is 0 Å². The second-order valence-electron chi connectivity index (χ2n) is 5.16. The van der Waals surface area contributed by atoms with Crippen LogP contribution in [0, 0.1) is 5.92 Å². The summed E-state index contributed by atoms with van der Waals surface area (Å²) < 4.78 is 0. The number of para-hydroxylation sites is 1. The third-order valence-corrected chi connectivity index (χ3v) is 3.49. The van der Waals surface area contributed by atoms with Gasteiger partial charge in [0.1, 0.15) is 0 Å². The fourth-order valence-corrected chi connectivity index (χ4v) is 2.53. The van der Waals surface area contributed by atoms with Crippen molar-refractivity contribution in [3.63, 3.8) is 0 Å². The van der Waals surface area contributed by atoms with Crippen LogP contribution >= 0.6 is 0 Å². The number of nitrogens with one attached hydrogen (secondary N) is 2. The first-order valence-corrected chi connectivity index (χ1v) is 7.10. The number of amides is 2. The minimum atomic E-state index is -0.111. The number of likely N-dealkylation sites (tertiary alicyclic amines) is 1. The predicted molar refractivity (Wildman–Crippen MR) is 78.3 cm³/mol. The first kappa shape index (κ1) is 13.9. The Kier molecular flexibility index (Phi) is 5.21. The molecule has 0 saturated carbocycles. The van der Waals surface area contributed by atoms with Crippen LogP contribution in [0.3, 0.4) is 0 Å². The Morgan fingerprint density at radius 2 is 2.16 bits per heavy atom. The van der Waals surface area contributed by atoms with Crippen LogP contribution < -0.4 is 10.6 Å². The van der Waals surface area contributed by atoms with Crippen molar-refractivity contribution in [2.24, 2.45) is 5.92 Å². The van der Waals surface area contributed by atoms with Gasteiger partial charge in [0.05, 0.1) is 0 Å². The molecule has 1 atom stereocenters. The minimum Gasteiger partial charge on any atom is -0.338 e. The average Bonchev–Trinajstić information content (AvgIpc) is 2.86. The molecule has 2 N–H and O–H groups in total. The van der Waals surface area contributed by atoms with Crippen LogP contribution in [0.4, 0.5) is 10.5 Å². The highest BCUT2D eigenvalue weighted by Crippen LogP contribution is 2.15. The molecule has 1 aliphatic heterocycles. The Labute approximate surface area is 115 Å². The van der Waals surface area contributed by atoms with Crippen molar-refractivity contribution in [2.75, 3.05) is 31.5 Å². The number of urea groups is 1. The molecular weight excluding hydrogens is 238 g/mol. The zero-order valence-corrected chi connectivity index (χ0v) is 11.6. The molecule has 2 rings (SSSR count). The summed E-state index contributed by atoms with van der Waals surface area (Å²) in [6.07, 6.45) is 2.39. The SMILES string of the molecule is CCCN1CCC(CNC(=O)Nc2ccccc2)C1. The highest BCUT2D eigenvalue weighted by molar-refractivity contribution is 5.89. The van der Waals surface area contributed by atoms with E-state index in [1.165, 1.54) is 25.9 Å². The van der Waals surface area contributed by atoms with E-state index in [1.807, 2.05) is 30.3 Å². The Bertz CT molecular complexity index is 394. The van der Waals surface area contributed by atoms with Crippen molar-refractivity contribution in [3.05, 3.63) is 30.3 Å². The van der Waals surface area contributed by atoms with Gasteiger partial charge in [-0.3, -0.25) is 0 Å². The lowest BCUT2D eigenvalue weighted by atomic mass is 10.1. The first-order valence-electron chi connectivity index (χ1n) is 7.10. The smallest absolute Gasteiger partial charge is 0.319 e. The molecule has 19 heavy (non-hydrogen) atoms. The number of carbonyl (C=O) groups is 1. The fourth-order valence-electron chi connectivity index (χ4n) is 2.53. The average molecular weight is 261 g/mol. The maximum Gasteiger partial charge on any atom is 0.319 e. The molecule has 0 spiro atoms. The van der Waals surface area contributed by atoms with Crippen LogP contribution in [0.1, 0.15) is 19.8 Å². The van der Waals surface area contributed by atoms with Gasteiger partial charge in [-0.1, -0.05) is 25.1 Å². The van der Waals surface area contributed by atoms with Crippen LogP contribution in [0.15, 0.2) is 30.3 Å². The van der Waals surface area contributed by atoms with Crippen molar-refractivity contribution in [1.29, 1.82) is 0 Å². The van der Waals surface area contributed by atoms with E-state index in [4.69, 9.17) is 0 Å². The van der Waals surface area contributed by atoms with Gasteiger partial charge in [0.25, 0.3) is 0 Å². The van der Waals surface area contributed by atoms with E-state index in [2.05, 4.69) is 22.5 Å². The van der Waals surface area contributed by atoms with Gasteiger partial charge in [-0.15, -0.1) is 0 Å². The van der Waals surface area contributed by atoms with Gasteiger partial charge in [-0.25, -0.2) is 4.79 Å². The minimum absolute atomic E-state index is 0.111. The number of hydrogen-bond donors (Lipinski definition) is 2. The molecule has 1 heterocycles. The molecule has 0 aliphatic carbocycles. The Hall–Kier alpha value is -1.55. The van der Waals surface area contributed by atoms with E-state index in [1.54, 1.807) is 0 Å². The third-order valence-electron chi connectivity index (χ3n) is 3.49. The Balaban J connectivity index is 1.67. The van der Waals surface area contributed by atoms with Crippen LogP contribution in [0.25, 0.3) is 0 Å². The number of hydrogen-bond acceptors (Lipinski definition) is 2. The molecule has 1 aromatic carbocycles. The van der Waals surface area contributed by atoms with E-state index in [0.717, 1.165) is 18.8 Å². The van der Waals surface area contributed by atoms with Crippen molar-refractivity contribution in [2.45, 2.75) is 19.8 Å². The standard InChI is InChI=1S/C15H23N3O/c1-2-9-18-10-8-13(12-18)11-16-15(19)17-14-6-4-3-5-7-14/h3-7,13H,2,8-12H2,1H3,(H2,16,17,19). The van der Waals surface area contributed by atoms with E-state index in [9.17, 15) is 4.79 Å². The summed E-state index contributed by atoms with van der Waals surface area (Å²) in [7, 11) is 0. The van der Waals surface area contributed by atoms with Gasteiger partial charge < -0.3 is 15.5 Å². The van der Waals surface area contributed by atoms with Crippen LogP contribution in [0.5, 0.6) is 0 Å². The molecule has 1 aliphatic rings. The second-order valence-corrected chi connectivity index (χ2v) is 5.16. The summed E-state index contributed by atoms with van der Waals surface area (Å²) >= 11 is 0. The molecule has 4 nitrogen and oxygen atoms in total. The lowest BCUT2D eigenvalue weighted by molar-refractivity contribution is 0.249. The van der Waals surface area contributed by atoms with Gasteiger partial charge in [-0.2, -0.15) is 0 Å². The van der Waals surface area contributed by atoms with Gasteiger partial charge >= 0.3 is 6.03 Å². The van der Waals surface area contributed by atoms with Crippen LogP contribution in [0.2, 0.25) is 0 Å². The van der Waals surface area contributed by atoms with Crippen LogP contribution in [-0.2, 0) is 0 Å². The largest absolute Gasteiger partial charge is 0.338 e. The lowest BCUT2D eigenvalue weighted by Crippen LogP contribution is -2.34. The van der Waals surface area contributed by atoms with E-state index < -0.39 is 0 Å². The summed E-state index contributed by atoms with van der Waals surface area (Å²) in [4.78, 5) is 14.2. The van der Waals surface area contributed by atoms with Gasteiger partial charge in [-0.05, 0) is 44.0 Å². The van der Waals surface area contributed by atoms with E-state index in [0.29, 0.717) is 5.92 Å². The normalized spacial score (nSPS) is 19.3. The first-order chi connectivity index (χ1) is 9.28. The summed E-state index contributed by atoms with van der Waals surface area (Å²) in [5.41, 5.74) is 0.832. The Morgan fingerprint density at radius 3 is 2.89 bits per heavy atom. The zero-order chi connectivity index (χ0) is 13.5. The molecule has 1 saturated heterocycles. The van der Waals surface area contributed by atoms with E-state index >= 15 is 0 Å². The number of carbonyl (C=O) groups excluding carboxylic acids is 1. The maximum atomic E-state index is 11.7. The highest BCUT2D eigenvalue weighted by Gasteiger charge is 2.21. The second kappa shape index (κ2) is 7.14. The maximum absolute atomic E-state index is 11.7. The molecular formula is C15H23N3O. The van der Waals surface area contributed by atoms with Crippen molar-refractivity contribution in [1.82, 2.24) is 10.2 Å². The molecule has 4 heteroatoms. The summed E-state index contributed by atoms with van der Waals surface area (Å²) in [6.45, 7) is 6.42. The van der Waals surface area contributed by atoms with Crippen molar-refractivity contribution < 1.29 is 4.79 Å². The molecule has 0 radical (unpaired) electrons. The predicted octanol–water partition coefficient (Wildman–Crippen LogP) is 2.54. The van der Waals surface area contributed by atoms with Crippen LogP contribution in [-0.4, -0.2) is 37.1 Å². The number of benzene rings is 1. The number of nitrogens with zero attached hydrogens (tertiary/aromatic N) is 1. The number of anilines is 1. The lowest BCUT2D eigenvalue weighted by Gasteiger charge is -2.15. The topological polar surface area (TPSA) is 44.4 Å². The molecule has 104 valence electrons. The quantitative estimate of drug-likeness (QED) is 0.855. The third kappa shape index (κ3) is 4.56. The number of rotatable bonds is 5. The van der Waals surface area contributed by atoms with Crippen molar-refractivity contribution >= 4 is 11.7 Å². The monoisotopic (exact) mass is 261 g/mol. The van der Waals surface area contributed by atoms with Gasteiger partial charge in [0, 0.05) is 18.8 Å². The van der Waals surface area contributed by atoms with Gasteiger partial charge in [0.15, 0.2) is 0 Å². The summed E-state index contributed by atoms with van der Waals surface area (Å²) in [5, 5.41) is 5.80. The molecule has 0 aromatic heterocycles. The molecule has 2 amide bonds. The molecule has 1 fully saturated rings. The zero-order valence-electron chi connectivity index (χ0n) is 11.6. The highest BCUT2D eigenvalue weighted by atomic mass is 16.2. The van der Waals surface area contributed by atoms with Crippen molar-refractivity contribution in [3.8, 4) is 0 Å². The molecule has 0 bridgehead atoms. The fraction of sp³-hybridized carbons (Fsp3) is 0.533.